The molecule has 1 aliphatic heterocycles. The van der Waals surface area contributed by atoms with Crippen molar-refractivity contribution in [3.05, 3.63) is 35.9 Å². The molecule has 1 aromatic carbocycles. The monoisotopic (exact) mass is 331 g/mol. The van der Waals surface area contributed by atoms with Crippen LogP contribution in [0.25, 0.3) is 0 Å². The fourth-order valence-electron chi connectivity index (χ4n) is 3.04. The second-order valence-corrected chi connectivity index (χ2v) is 6.56. The standard InChI is InChI=1S/C19H29N3O2/c1-15(18(20)16-9-4-2-5-10-16)19(24)21-12-8-14-22-13-7-3-6-11-17(22)23/h2,4-5,9-10,15,18H,3,6-8,11-14,20H2,1H3,(H,21,24). The number of amides is 2. The number of hydrogen-bond acceptors (Lipinski definition) is 3. The molecule has 1 heterocycles. The van der Waals surface area contributed by atoms with Gasteiger partial charge in [-0.1, -0.05) is 43.7 Å². The van der Waals surface area contributed by atoms with Gasteiger partial charge >= 0.3 is 0 Å². The molecule has 0 aliphatic carbocycles. The first-order chi connectivity index (χ1) is 11.6. The molecule has 2 atom stereocenters. The maximum atomic E-state index is 12.3. The first-order valence-electron chi connectivity index (χ1n) is 8.95. The van der Waals surface area contributed by atoms with E-state index in [4.69, 9.17) is 5.73 Å². The summed E-state index contributed by atoms with van der Waals surface area (Å²) in [5.41, 5.74) is 7.15. The molecule has 132 valence electrons. The van der Waals surface area contributed by atoms with Gasteiger partial charge in [0.15, 0.2) is 0 Å². The quantitative estimate of drug-likeness (QED) is 0.752. The van der Waals surface area contributed by atoms with E-state index in [0.29, 0.717) is 13.0 Å². The average molecular weight is 331 g/mol. The van der Waals surface area contributed by atoms with E-state index in [0.717, 1.165) is 44.3 Å². The Kier molecular flexibility index (Phi) is 7.25. The van der Waals surface area contributed by atoms with Gasteiger partial charge in [-0.2, -0.15) is 0 Å². The van der Waals surface area contributed by atoms with Gasteiger partial charge in [0.1, 0.15) is 0 Å². The summed E-state index contributed by atoms with van der Waals surface area (Å²) in [7, 11) is 0. The molecule has 2 rings (SSSR count). The van der Waals surface area contributed by atoms with Crippen molar-refractivity contribution in [1.82, 2.24) is 10.2 Å². The summed E-state index contributed by atoms with van der Waals surface area (Å²) in [6, 6.07) is 9.37. The molecule has 1 saturated heterocycles. The third-order valence-electron chi connectivity index (χ3n) is 4.71. The van der Waals surface area contributed by atoms with Gasteiger partial charge in [-0.05, 0) is 24.8 Å². The molecule has 0 bridgehead atoms. The van der Waals surface area contributed by atoms with Gasteiger partial charge in [-0.3, -0.25) is 9.59 Å². The molecule has 2 amide bonds. The fraction of sp³-hybridized carbons (Fsp3) is 0.579. The molecular weight excluding hydrogens is 302 g/mol. The van der Waals surface area contributed by atoms with Crippen molar-refractivity contribution in [3.8, 4) is 0 Å². The topological polar surface area (TPSA) is 75.4 Å². The van der Waals surface area contributed by atoms with Crippen LogP contribution in [0.15, 0.2) is 30.3 Å². The van der Waals surface area contributed by atoms with Crippen LogP contribution in [0.2, 0.25) is 0 Å². The van der Waals surface area contributed by atoms with Gasteiger partial charge in [-0.15, -0.1) is 0 Å². The number of nitrogens with one attached hydrogen (secondary N) is 1. The Bertz CT molecular complexity index is 533. The number of hydrogen-bond donors (Lipinski definition) is 2. The lowest BCUT2D eigenvalue weighted by atomic mass is 9.95. The lowest BCUT2D eigenvalue weighted by Crippen LogP contribution is -2.38. The number of likely N-dealkylation sites (tertiary alicyclic amines) is 1. The second kappa shape index (κ2) is 9.42. The minimum atomic E-state index is -0.307. The van der Waals surface area contributed by atoms with Crippen molar-refractivity contribution in [1.29, 1.82) is 0 Å². The molecule has 24 heavy (non-hydrogen) atoms. The van der Waals surface area contributed by atoms with E-state index in [1.165, 1.54) is 0 Å². The number of benzene rings is 1. The smallest absolute Gasteiger partial charge is 0.224 e. The van der Waals surface area contributed by atoms with Gasteiger partial charge in [0.05, 0.1) is 5.92 Å². The van der Waals surface area contributed by atoms with Crippen molar-refractivity contribution in [3.63, 3.8) is 0 Å². The molecule has 1 aliphatic rings. The highest BCUT2D eigenvalue weighted by atomic mass is 16.2. The van der Waals surface area contributed by atoms with Crippen molar-refractivity contribution in [2.75, 3.05) is 19.6 Å². The summed E-state index contributed by atoms with van der Waals surface area (Å²) < 4.78 is 0. The second-order valence-electron chi connectivity index (χ2n) is 6.56. The number of nitrogens with two attached hydrogens (primary N) is 1. The largest absolute Gasteiger partial charge is 0.356 e. The molecule has 0 aromatic heterocycles. The molecule has 0 saturated carbocycles. The Balaban J connectivity index is 1.71. The highest BCUT2D eigenvalue weighted by Crippen LogP contribution is 2.19. The molecule has 2 unspecified atom stereocenters. The van der Waals surface area contributed by atoms with Crippen LogP contribution in [0, 0.1) is 5.92 Å². The minimum Gasteiger partial charge on any atom is -0.356 e. The fourth-order valence-corrected chi connectivity index (χ4v) is 3.04. The van der Waals surface area contributed by atoms with Crippen molar-refractivity contribution in [2.45, 2.75) is 45.1 Å². The van der Waals surface area contributed by atoms with Crippen molar-refractivity contribution < 1.29 is 9.59 Å². The first kappa shape index (κ1) is 18.5. The molecule has 0 radical (unpaired) electrons. The van der Waals surface area contributed by atoms with E-state index in [1.807, 2.05) is 42.2 Å². The summed E-state index contributed by atoms with van der Waals surface area (Å²) in [4.78, 5) is 26.1. The zero-order valence-electron chi connectivity index (χ0n) is 14.5. The summed E-state index contributed by atoms with van der Waals surface area (Å²) in [5, 5.41) is 2.95. The summed E-state index contributed by atoms with van der Waals surface area (Å²) >= 11 is 0. The maximum absolute atomic E-state index is 12.3. The highest BCUT2D eigenvalue weighted by Gasteiger charge is 2.22. The van der Waals surface area contributed by atoms with Crippen LogP contribution in [0.3, 0.4) is 0 Å². The number of carbonyl (C=O) groups is 2. The normalized spacial score (nSPS) is 17.9. The Labute approximate surface area is 144 Å². The maximum Gasteiger partial charge on any atom is 0.224 e. The van der Waals surface area contributed by atoms with Gasteiger partial charge in [0.25, 0.3) is 0 Å². The number of rotatable bonds is 7. The highest BCUT2D eigenvalue weighted by molar-refractivity contribution is 5.79. The van der Waals surface area contributed by atoms with E-state index >= 15 is 0 Å². The van der Waals surface area contributed by atoms with Gasteiger partial charge in [0.2, 0.25) is 11.8 Å². The molecule has 1 fully saturated rings. The summed E-state index contributed by atoms with van der Waals surface area (Å²) in [6.07, 6.45) is 4.66. The predicted molar refractivity (Wildman–Crippen MR) is 95.2 cm³/mol. The molecule has 0 spiro atoms. The van der Waals surface area contributed by atoms with Crippen molar-refractivity contribution >= 4 is 11.8 Å². The van der Waals surface area contributed by atoms with Gasteiger partial charge in [-0.25, -0.2) is 0 Å². The lowest BCUT2D eigenvalue weighted by Gasteiger charge is -2.22. The van der Waals surface area contributed by atoms with Crippen LogP contribution in [-0.2, 0) is 9.59 Å². The van der Waals surface area contributed by atoms with Crippen LogP contribution in [-0.4, -0.2) is 36.3 Å². The van der Waals surface area contributed by atoms with Crippen LogP contribution in [0.5, 0.6) is 0 Å². The predicted octanol–water partition coefficient (Wildman–Crippen LogP) is 2.23. The zero-order valence-corrected chi connectivity index (χ0v) is 14.5. The Morgan fingerprint density at radius 2 is 2.00 bits per heavy atom. The van der Waals surface area contributed by atoms with E-state index in [9.17, 15) is 9.59 Å². The van der Waals surface area contributed by atoms with E-state index in [2.05, 4.69) is 5.32 Å². The van der Waals surface area contributed by atoms with E-state index < -0.39 is 0 Å². The molecule has 3 N–H and O–H groups in total. The molecule has 5 nitrogen and oxygen atoms in total. The molecular formula is C19H29N3O2. The zero-order chi connectivity index (χ0) is 17.4. The van der Waals surface area contributed by atoms with Gasteiger partial charge in [0, 0.05) is 32.1 Å². The third-order valence-corrected chi connectivity index (χ3v) is 4.71. The lowest BCUT2D eigenvalue weighted by molar-refractivity contribution is -0.130. The van der Waals surface area contributed by atoms with Crippen LogP contribution in [0.4, 0.5) is 0 Å². The third kappa shape index (κ3) is 5.34. The molecule has 1 aromatic rings. The molecule has 5 heteroatoms. The number of carbonyl (C=O) groups excluding carboxylic acids is 2. The number of nitrogens with zero attached hydrogens (tertiary/aromatic N) is 1. The Morgan fingerprint density at radius 1 is 1.25 bits per heavy atom. The van der Waals surface area contributed by atoms with Crippen LogP contribution >= 0.6 is 0 Å². The van der Waals surface area contributed by atoms with Gasteiger partial charge < -0.3 is 16.0 Å². The first-order valence-corrected chi connectivity index (χ1v) is 8.95. The minimum absolute atomic E-state index is 0.0338. The van der Waals surface area contributed by atoms with Crippen molar-refractivity contribution in [2.24, 2.45) is 11.7 Å². The van der Waals surface area contributed by atoms with E-state index in [-0.39, 0.29) is 23.8 Å². The summed E-state index contributed by atoms with van der Waals surface area (Å²) in [5.74, 6) is -0.0703. The van der Waals surface area contributed by atoms with E-state index in [1.54, 1.807) is 0 Å². The average Bonchev–Trinajstić information content (AvgIpc) is 2.82. The van der Waals surface area contributed by atoms with Crippen LogP contribution < -0.4 is 11.1 Å². The SMILES string of the molecule is CC(C(=O)NCCCN1CCCCCC1=O)C(N)c1ccccc1. The summed E-state index contributed by atoms with van der Waals surface area (Å²) in [6.45, 7) is 4.00. The van der Waals surface area contributed by atoms with Crippen LogP contribution in [0.1, 0.15) is 50.6 Å². The Hall–Kier alpha value is -1.88. The Morgan fingerprint density at radius 3 is 2.75 bits per heavy atom.